The molecule has 1 aliphatic heterocycles. The van der Waals surface area contributed by atoms with Gasteiger partial charge in [-0.15, -0.1) is 0 Å². The van der Waals surface area contributed by atoms with Crippen LogP contribution in [0.25, 0.3) is 65.9 Å². The number of nitrogen functional groups attached to an aromatic ring is 1. The molecule has 0 unspecified atom stereocenters. The zero-order valence-corrected chi connectivity index (χ0v) is 36.0. The number of aromatic amines is 1. The molecule has 11 rings (SSSR count). The summed E-state index contributed by atoms with van der Waals surface area (Å²) in [7, 11) is 2.17. The number of piperazine rings is 1. The molecule has 0 atom stereocenters. The Hall–Kier alpha value is -8.46. The van der Waals surface area contributed by atoms with Gasteiger partial charge in [-0.1, -0.05) is 103 Å². The number of nitrogens with two attached hydrogens (primary N) is 1. The number of carbonyl (C=O) groups is 2. The molecule has 0 spiro atoms. The molecule has 4 aromatic heterocycles. The van der Waals surface area contributed by atoms with Crippen molar-refractivity contribution in [3.05, 3.63) is 181 Å². The van der Waals surface area contributed by atoms with Crippen molar-refractivity contribution in [3.63, 3.8) is 0 Å². The van der Waals surface area contributed by atoms with Crippen molar-refractivity contribution in [1.82, 2.24) is 44.7 Å². The fourth-order valence-corrected chi connectivity index (χ4v) is 8.13. The van der Waals surface area contributed by atoms with Gasteiger partial charge < -0.3 is 20.7 Å². The smallest absolute Gasteiger partial charge is 0.337 e. The molecule has 1 fully saturated rings. The lowest BCUT2D eigenvalue weighted by Gasteiger charge is -2.32. The first kappa shape index (κ1) is 42.8. The third kappa shape index (κ3) is 9.40. The summed E-state index contributed by atoms with van der Waals surface area (Å²) in [5.74, 6) is -0.304. The first-order valence-electron chi connectivity index (χ1n) is 21.4. The van der Waals surface area contributed by atoms with Crippen molar-refractivity contribution in [2.75, 3.05) is 44.3 Å². The van der Waals surface area contributed by atoms with Crippen LogP contribution >= 0.6 is 0 Å². The highest BCUT2D eigenvalue weighted by Crippen LogP contribution is 2.35. The molecular weight excluding hydrogens is 827 g/mol. The van der Waals surface area contributed by atoms with Crippen molar-refractivity contribution in [2.24, 2.45) is 0 Å². The fourth-order valence-electron chi connectivity index (χ4n) is 8.13. The van der Waals surface area contributed by atoms with E-state index < -0.39 is 5.97 Å². The molecule has 0 radical (unpaired) electrons. The molecule has 5 N–H and O–H groups in total. The third-order valence-corrected chi connectivity index (χ3v) is 11.5. The zero-order chi connectivity index (χ0) is 45.4. The van der Waals surface area contributed by atoms with Gasteiger partial charge in [-0.05, 0) is 63.5 Å². The van der Waals surface area contributed by atoms with Gasteiger partial charge in [0.05, 0.1) is 22.2 Å². The average molecular weight is 872 g/mol. The average Bonchev–Trinajstić information content (AvgIpc) is 3.88. The molecule has 326 valence electrons. The molecule has 1 aliphatic rings. The van der Waals surface area contributed by atoms with Gasteiger partial charge in [-0.2, -0.15) is 0 Å². The summed E-state index contributed by atoms with van der Waals surface area (Å²) < 4.78 is 0. The maximum Gasteiger partial charge on any atom is 0.337 e. The Labute approximate surface area is 379 Å². The molecule has 66 heavy (non-hydrogen) atoms. The Balaban J connectivity index is 0.000000130. The van der Waals surface area contributed by atoms with Crippen LogP contribution in [0.3, 0.4) is 0 Å². The number of fused-ring (bicyclic) bond motifs is 4. The van der Waals surface area contributed by atoms with Gasteiger partial charge in [-0.3, -0.25) is 34.9 Å². The Morgan fingerprint density at radius 2 is 1.14 bits per heavy atom. The number of nitrogens with one attached hydrogen (secondary N) is 2. The zero-order valence-electron chi connectivity index (χ0n) is 36.0. The summed E-state index contributed by atoms with van der Waals surface area (Å²) in [6.45, 7) is 5.58. The molecule has 0 aliphatic carbocycles. The molecule has 14 heteroatoms. The number of rotatable bonds is 7. The van der Waals surface area contributed by atoms with E-state index >= 15 is 0 Å². The van der Waals surface area contributed by atoms with Gasteiger partial charge in [0.2, 0.25) is 5.95 Å². The van der Waals surface area contributed by atoms with Crippen LogP contribution in [0.2, 0.25) is 0 Å². The first-order valence-corrected chi connectivity index (χ1v) is 21.4. The van der Waals surface area contributed by atoms with E-state index in [4.69, 9.17) is 5.73 Å². The Kier molecular flexibility index (Phi) is 12.7. The summed E-state index contributed by atoms with van der Waals surface area (Å²) in [5.41, 5.74) is 13.5. The van der Waals surface area contributed by atoms with Gasteiger partial charge in [0.15, 0.2) is 0 Å². The normalized spacial score (nSPS) is 12.9. The number of anilines is 2. The predicted molar refractivity (Wildman–Crippen MR) is 260 cm³/mol. The maximum atomic E-state index is 12.7. The minimum Gasteiger partial charge on any atom is -0.478 e. The lowest BCUT2D eigenvalue weighted by molar-refractivity contribution is 0.0698. The van der Waals surface area contributed by atoms with Crippen molar-refractivity contribution >= 4 is 67.3 Å². The Bertz CT molecular complexity index is 3310. The highest BCUT2D eigenvalue weighted by atomic mass is 16.4. The predicted octanol–water partition coefficient (Wildman–Crippen LogP) is 8.98. The van der Waals surface area contributed by atoms with Crippen molar-refractivity contribution in [1.29, 1.82) is 0 Å². The van der Waals surface area contributed by atoms with Gasteiger partial charge in [0.1, 0.15) is 16.9 Å². The number of H-pyrrole nitrogens is 1. The van der Waals surface area contributed by atoms with Crippen LogP contribution < -0.4 is 11.1 Å². The van der Waals surface area contributed by atoms with Crippen molar-refractivity contribution in [2.45, 2.75) is 6.54 Å². The maximum absolute atomic E-state index is 12.7. The van der Waals surface area contributed by atoms with Gasteiger partial charge in [0.25, 0.3) is 5.91 Å². The lowest BCUT2D eigenvalue weighted by Crippen LogP contribution is -2.43. The van der Waals surface area contributed by atoms with Crippen molar-refractivity contribution in [3.8, 4) is 22.3 Å². The molecular formula is C52H45N11O3. The molecule has 1 amide bonds. The fraction of sp³-hybridized carbons (Fsp3) is 0.115. The minimum atomic E-state index is -1.00. The lowest BCUT2D eigenvalue weighted by atomic mass is 9.95. The monoisotopic (exact) mass is 871 g/mol. The SMILES string of the molecule is CN1CCN(Cc2ccc(N)nc2)CC1.O=C(Nc1ncc[nH]1)c1ccc(-c2cccc3ccccc23)c2nccnc12.O=C(O)c1ccc(-c2cccc3ccccc23)c2nccnc12. The van der Waals surface area contributed by atoms with Crippen LogP contribution in [0.4, 0.5) is 11.8 Å². The van der Waals surface area contributed by atoms with E-state index in [-0.39, 0.29) is 11.5 Å². The van der Waals surface area contributed by atoms with Crippen LogP contribution in [-0.4, -0.2) is 94.9 Å². The van der Waals surface area contributed by atoms with E-state index in [2.05, 4.69) is 106 Å². The Morgan fingerprint density at radius 1 is 0.591 bits per heavy atom. The summed E-state index contributed by atoms with van der Waals surface area (Å²) in [5, 5.41) is 16.6. The first-order chi connectivity index (χ1) is 32.3. The van der Waals surface area contributed by atoms with Crippen LogP contribution in [0, 0.1) is 0 Å². The molecule has 6 aromatic carbocycles. The number of aromatic nitrogens is 7. The number of likely N-dealkylation sites (N-methyl/N-ethyl adjacent to an activating group) is 1. The van der Waals surface area contributed by atoms with E-state index in [1.165, 1.54) is 11.8 Å². The summed E-state index contributed by atoms with van der Waals surface area (Å²) >= 11 is 0. The number of imidazole rings is 1. The number of carboxylic acids is 1. The number of hydrogen-bond acceptors (Lipinski definition) is 11. The molecule has 10 aromatic rings. The molecule has 0 saturated carbocycles. The highest BCUT2D eigenvalue weighted by molar-refractivity contribution is 6.14. The molecule has 0 bridgehead atoms. The van der Waals surface area contributed by atoms with Gasteiger partial charge in [0, 0.05) is 87.2 Å². The highest BCUT2D eigenvalue weighted by Gasteiger charge is 2.19. The van der Waals surface area contributed by atoms with Crippen LogP contribution in [0.5, 0.6) is 0 Å². The quantitative estimate of drug-likeness (QED) is 0.119. The third-order valence-electron chi connectivity index (χ3n) is 11.5. The van der Waals surface area contributed by atoms with E-state index in [1.807, 2.05) is 66.9 Å². The van der Waals surface area contributed by atoms with Crippen molar-refractivity contribution < 1.29 is 14.7 Å². The molecule has 5 heterocycles. The summed E-state index contributed by atoms with van der Waals surface area (Å²) in [4.78, 5) is 57.6. The second-order valence-electron chi connectivity index (χ2n) is 15.7. The molecule has 1 saturated heterocycles. The topological polar surface area (TPSA) is 192 Å². The van der Waals surface area contributed by atoms with Crippen LogP contribution in [0.15, 0.2) is 165 Å². The number of carboxylic acid groups (broad SMARTS) is 1. The van der Waals surface area contributed by atoms with Crippen LogP contribution in [-0.2, 0) is 6.54 Å². The van der Waals surface area contributed by atoms with E-state index in [9.17, 15) is 14.7 Å². The summed E-state index contributed by atoms with van der Waals surface area (Å²) in [6.07, 6.45) is 11.4. The van der Waals surface area contributed by atoms with E-state index in [0.717, 1.165) is 76.5 Å². The Morgan fingerprint density at radius 3 is 1.68 bits per heavy atom. The summed E-state index contributed by atoms with van der Waals surface area (Å²) in [6, 6.07) is 39.6. The van der Waals surface area contributed by atoms with Crippen LogP contribution in [0.1, 0.15) is 26.3 Å². The standard InChI is InChI=1S/C22H15N5O.C19H12N2O2.C11H18N4/c28-21(27-22-25-12-13-26-22)18-9-8-17(19-20(18)24-11-10-23-19)16-7-3-5-14-4-1-2-6-15(14)16;22-19(23)16-9-8-15(17-18(16)21-11-10-20-17)14-7-3-5-12-4-1-2-6-13(12)14;1-14-4-6-15(7-5-14)9-10-2-3-11(12)13-8-10/h1-13H,(H2,25,26,27,28);1-11H,(H,22,23);2-3,8H,4-7,9H2,1H3,(H2,12,13). The van der Waals surface area contributed by atoms with Gasteiger partial charge >= 0.3 is 5.97 Å². The number of hydrogen-bond donors (Lipinski definition) is 4. The number of carbonyl (C=O) groups excluding carboxylic acids is 1. The second-order valence-corrected chi connectivity index (χ2v) is 15.7. The number of amides is 1. The van der Waals surface area contributed by atoms with E-state index in [0.29, 0.717) is 39.4 Å². The molecule has 14 nitrogen and oxygen atoms in total. The van der Waals surface area contributed by atoms with E-state index in [1.54, 1.807) is 43.1 Å². The number of aromatic carboxylic acids is 1. The van der Waals surface area contributed by atoms with Gasteiger partial charge in [-0.25, -0.2) is 14.8 Å². The number of pyridine rings is 1. The second kappa shape index (κ2) is 19.5. The largest absolute Gasteiger partial charge is 0.478 e. The number of benzene rings is 6. The minimum absolute atomic E-state index is 0.164. The number of nitrogens with zero attached hydrogens (tertiary/aromatic N) is 8.